The van der Waals surface area contributed by atoms with Gasteiger partial charge in [-0.3, -0.25) is 9.69 Å². The highest BCUT2D eigenvalue weighted by Gasteiger charge is 2.32. The lowest BCUT2D eigenvalue weighted by molar-refractivity contribution is 0.0626. The van der Waals surface area contributed by atoms with E-state index in [1.54, 1.807) is 25.1 Å². The number of carbonyl (C=O) groups is 1. The van der Waals surface area contributed by atoms with Crippen molar-refractivity contribution in [2.24, 2.45) is 0 Å². The summed E-state index contributed by atoms with van der Waals surface area (Å²) < 4.78 is 0. The summed E-state index contributed by atoms with van der Waals surface area (Å²) in [7, 11) is 0. The Kier molecular flexibility index (Phi) is 3.19. The van der Waals surface area contributed by atoms with Crippen LogP contribution < -0.4 is 0 Å². The molecule has 0 bridgehead atoms. The fourth-order valence-electron chi connectivity index (χ4n) is 2.76. The summed E-state index contributed by atoms with van der Waals surface area (Å²) in [4.78, 5) is 16.8. The molecular weight excluding hydrogens is 240 g/mol. The summed E-state index contributed by atoms with van der Waals surface area (Å²) in [5, 5.41) is 9.69. The first-order chi connectivity index (χ1) is 9.16. The number of piperazine rings is 1. The Morgan fingerprint density at radius 1 is 1.21 bits per heavy atom. The molecule has 1 aromatic rings. The fourth-order valence-corrected chi connectivity index (χ4v) is 2.76. The van der Waals surface area contributed by atoms with Crippen LogP contribution in [0.25, 0.3) is 0 Å². The van der Waals surface area contributed by atoms with Crippen molar-refractivity contribution >= 4 is 5.91 Å². The Bertz CT molecular complexity index is 489. The van der Waals surface area contributed by atoms with Crippen LogP contribution in [0, 0.1) is 6.92 Å². The van der Waals surface area contributed by atoms with Gasteiger partial charge in [0.15, 0.2) is 0 Å². The second-order valence-corrected chi connectivity index (χ2v) is 5.51. The number of phenolic OH excluding ortho intramolecular Hbond substituents is 1. The average Bonchev–Trinajstić information content (AvgIpc) is 3.26. The number of aromatic hydroxyl groups is 1. The third-order valence-corrected chi connectivity index (χ3v) is 4.20. The van der Waals surface area contributed by atoms with E-state index in [4.69, 9.17) is 0 Å². The van der Waals surface area contributed by atoms with Crippen molar-refractivity contribution in [3.05, 3.63) is 29.3 Å². The van der Waals surface area contributed by atoms with Gasteiger partial charge in [0, 0.05) is 43.3 Å². The SMILES string of the molecule is Cc1c(O)cccc1C(=O)N1CCN(C2CC2)CC1. The molecule has 1 aliphatic carbocycles. The predicted octanol–water partition coefficient (Wildman–Crippen LogP) is 1.62. The minimum atomic E-state index is 0.0452. The monoisotopic (exact) mass is 260 g/mol. The van der Waals surface area contributed by atoms with Gasteiger partial charge in [-0.05, 0) is 31.9 Å². The summed E-state index contributed by atoms with van der Waals surface area (Å²) >= 11 is 0. The van der Waals surface area contributed by atoms with Crippen molar-refractivity contribution in [1.29, 1.82) is 0 Å². The topological polar surface area (TPSA) is 43.8 Å². The van der Waals surface area contributed by atoms with Gasteiger partial charge in [0.05, 0.1) is 0 Å². The van der Waals surface area contributed by atoms with E-state index in [0.717, 1.165) is 32.2 Å². The first-order valence-corrected chi connectivity index (χ1v) is 6.98. The number of rotatable bonds is 2. The number of hydrogen-bond acceptors (Lipinski definition) is 3. The largest absolute Gasteiger partial charge is 0.508 e. The smallest absolute Gasteiger partial charge is 0.254 e. The minimum absolute atomic E-state index is 0.0452. The molecule has 4 nitrogen and oxygen atoms in total. The Morgan fingerprint density at radius 3 is 2.53 bits per heavy atom. The second kappa shape index (κ2) is 4.85. The van der Waals surface area contributed by atoms with Gasteiger partial charge in [0.1, 0.15) is 5.75 Å². The molecule has 0 spiro atoms. The van der Waals surface area contributed by atoms with Crippen molar-refractivity contribution in [1.82, 2.24) is 9.80 Å². The third-order valence-electron chi connectivity index (χ3n) is 4.20. The summed E-state index contributed by atoms with van der Waals surface area (Å²) in [5.41, 5.74) is 1.30. The molecule has 0 radical (unpaired) electrons. The molecule has 19 heavy (non-hydrogen) atoms. The van der Waals surface area contributed by atoms with Gasteiger partial charge in [-0.2, -0.15) is 0 Å². The maximum Gasteiger partial charge on any atom is 0.254 e. The van der Waals surface area contributed by atoms with E-state index in [9.17, 15) is 9.90 Å². The van der Waals surface area contributed by atoms with Crippen molar-refractivity contribution in [2.45, 2.75) is 25.8 Å². The third kappa shape index (κ3) is 2.45. The predicted molar refractivity (Wildman–Crippen MR) is 73.3 cm³/mol. The Labute approximate surface area is 113 Å². The number of carbonyl (C=O) groups excluding carboxylic acids is 1. The fraction of sp³-hybridized carbons (Fsp3) is 0.533. The summed E-state index contributed by atoms with van der Waals surface area (Å²) in [6.45, 7) is 5.35. The van der Waals surface area contributed by atoms with Gasteiger partial charge in [-0.1, -0.05) is 6.07 Å². The molecule has 1 aromatic carbocycles. The molecule has 1 saturated carbocycles. The highest BCUT2D eigenvalue weighted by Crippen LogP contribution is 2.28. The van der Waals surface area contributed by atoms with Crippen molar-refractivity contribution in [3.8, 4) is 5.75 Å². The van der Waals surface area contributed by atoms with Crippen molar-refractivity contribution < 1.29 is 9.90 Å². The second-order valence-electron chi connectivity index (χ2n) is 5.51. The zero-order chi connectivity index (χ0) is 13.4. The normalized spacial score (nSPS) is 20.6. The van der Waals surface area contributed by atoms with Crippen molar-refractivity contribution in [2.75, 3.05) is 26.2 Å². The molecule has 102 valence electrons. The Morgan fingerprint density at radius 2 is 1.89 bits per heavy atom. The summed E-state index contributed by atoms with van der Waals surface area (Å²) in [6, 6.07) is 5.93. The summed E-state index contributed by atoms with van der Waals surface area (Å²) in [6.07, 6.45) is 2.64. The van der Waals surface area contributed by atoms with E-state index in [1.807, 2.05) is 4.90 Å². The van der Waals surface area contributed by atoms with Crippen LogP contribution >= 0.6 is 0 Å². The number of amides is 1. The van der Waals surface area contributed by atoms with E-state index in [1.165, 1.54) is 12.8 Å². The van der Waals surface area contributed by atoms with E-state index in [2.05, 4.69) is 4.90 Å². The van der Waals surface area contributed by atoms with Gasteiger partial charge < -0.3 is 10.0 Å². The van der Waals surface area contributed by atoms with Crippen LogP contribution in [-0.4, -0.2) is 53.0 Å². The lowest BCUT2D eigenvalue weighted by atomic mass is 10.1. The molecular formula is C15H20N2O2. The molecule has 0 atom stereocenters. The van der Waals surface area contributed by atoms with E-state index < -0.39 is 0 Å². The zero-order valence-electron chi connectivity index (χ0n) is 11.3. The van der Waals surface area contributed by atoms with Gasteiger partial charge in [0.25, 0.3) is 5.91 Å². The van der Waals surface area contributed by atoms with Crippen LogP contribution in [0.15, 0.2) is 18.2 Å². The minimum Gasteiger partial charge on any atom is -0.508 e. The molecule has 2 aliphatic rings. The van der Waals surface area contributed by atoms with Crippen molar-refractivity contribution in [3.63, 3.8) is 0 Å². The van der Waals surface area contributed by atoms with E-state index in [-0.39, 0.29) is 11.7 Å². The zero-order valence-corrected chi connectivity index (χ0v) is 11.3. The Balaban J connectivity index is 1.69. The number of benzene rings is 1. The number of nitrogens with zero attached hydrogens (tertiary/aromatic N) is 2. The standard InChI is InChI=1S/C15H20N2O2/c1-11-13(3-2-4-14(11)18)15(19)17-9-7-16(8-10-17)12-5-6-12/h2-4,12,18H,5-10H2,1H3. The average molecular weight is 260 g/mol. The molecule has 1 aliphatic heterocycles. The quantitative estimate of drug-likeness (QED) is 0.879. The van der Waals surface area contributed by atoms with Crippen LogP contribution in [0.3, 0.4) is 0 Å². The molecule has 1 heterocycles. The summed E-state index contributed by atoms with van der Waals surface area (Å²) in [5.74, 6) is 0.242. The van der Waals surface area contributed by atoms with Gasteiger partial charge in [0.2, 0.25) is 0 Å². The van der Waals surface area contributed by atoms with Crippen LogP contribution in [0.2, 0.25) is 0 Å². The van der Waals surface area contributed by atoms with Gasteiger partial charge in [-0.15, -0.1) is 0 Å². The molecule has 1 saturated heterocycles. The lowest BCUT2D eigenvalue weighted by Crippen LogP contribution is -2.49. The van der Waals surface area contributed by atoms with Gasteiger partial charge in [-0.25, -0.2) is 0 Å². The molecule has 1 N–H and O–H groups in total. The van der Waals surface area contributed by atoms with Crippen LogP contribution in [0.5, 0.6) is 5.75 Å². The molecule has 3 rings (SSSR count). The van der Waals surface area contributed by atoms with Crippen LogP contribution in [0.1, 0.15) is 28.8 Å². The maximum atomic E-state index is 12.5. The van der Waals surface area contributed by atoms with Crippen LogP contribution in [0.4, 0.5) is 0 Å². The maximum absolute atomic E-state index is 12.5. The first-order valence-electron chi connectivity index (χ1n) is 6.98. The number of hydrogen-bond donors (Lipinski definition) is 1. The molecule has 4 heteroatoms. The first kappa shape index (κ1) is 12.5. The van der Waals surface area contributed by atoms with Gasteiger partial charge >= 0.3 is 0 Å². The number of phenols is 1. The lowest BCUT2D eigenvalue weighted by Gasteiger charge is -2.35. The molecule has 0 aromatic heterocycles. The van der Waals surface area contributed by atoms with E-state index in [0.29, 0.717) is 11.1 Å². The Hall–Kier alpha value is -1.55. The molecule has 2 fully saturated rings. The highest BCUT2D eigenvalue weighted by atomic mass is 16.3. The molecule has 1 amide bonds. The molecule has 0 unspecified atom stereocenters. The highest BCUT2D eigenvalue weighted by molar-refractivity contribution is 5.96. The van der Waals surface area contributed by atoms with E-state index >= 15 is 0 Å². The van der Waals surface area contributed by atoms with Crippen LogP contribution in [-0.2, 0) is 0 Å².